The van der Waals surface area contributed by atoms with Gasteiger partial charge in [0.05, 0.1) is 12.2 Å². The quantitative estimate of drug-likeness (QED) is 0.904. The number of benzene rings is 1. The van der Waals surface area contributed by atoms with Crippen LogP contribution in [-0.2, 0) is 11.2 Å². The fourth-order valence-electron chi connectivity index (χ4n) is 2.19. The van der Waals surface area contributed by atoms with Crippen LogP contribution in [0.15, 0.2) is 22.7 Å². The third-order valence-electron chi connectivity index (χ3n) is 3.09. The zero-order chi connectivity index (χ0) is 11.5. The first-order valence-electron chi connectivity index (χ1n) is 5.78. The van der Waals surface area contributed by atoms with E-state index >= 15 is 0 Å². The van der Waals surface area contributed by atoms with Crippen LogP contribution in [0.5, 0.6) is 0 Å². The van der Waals surface area contributed by atoms with E-state index in [1.807, 2.05) is 6.07 Å². The highest BCUT2D eigenvalue weighted by Gasteiger charge is 2.23. The first-order valence-corrected chi connectivity index (χ1v) is 6.58. The van der Waals surface area contributed by atoms with E-state index in [4.69, 9.17) is 4.74 Å². The first kappa shape index (κ1) is 12.1. The Morgan fingerprint density at radius 3 is 3.00 bits per heavy atom. The lowest BCUT2D eigenvalue weighted by Crippen LogP contribution is -2.24. The van der Waals surface area contributed by atoms with Crippen molar-refractivity contribution in [1.29, 1.82) is 0 Å². The number of hydrogen-bond donors (Lipinski definition) is 1. The zero-order valence-corrected chi connectivity index (χ0v) is 11.0. The van der Waals surface area contributed by atoms with E-state index in [2.05, 4.69) is 35.0 Å². The number of hydrogen-bond acceptors (Lipinski definition) is 2. The Balaban J connectivity index is 2.24. The molecule has 0 amide bonds. The third-order valence-corrected chi connectivity index (χ3v) is 3.58. The van der Waals surface area contributed by atoms with Gasteiger partial charge >= 0.3 is 0 Å². The van der Waals surface area contributed by atoms with Gasteiger partial charge < -0.3 is 9.84 Å². The molecule has 0 saturated carbocycles. The lowest BCUT2D eigenvalue weighted by atomic mass is 9.94. The summed E-state index contributed by atoms with van der Waals surface area (Å²) in [5, 5.41) is 9.67. The van der Waals surface area contributed by atoms with Crippen LogP contribution in [-0.4, -0.2) is 17.8 Å². The second-order valence-electron chi connectivity index (χ2n) is 4.23. The predicted molar refractivity (Wildman–Crippen MR) is 67.5 cm³/mol. The van der Waals surface area contributed by atoms with E-state index in [9.17, 15) is 5.11 Å². The maximum absolute atomic E-state index is 9.67. The smallest absolute Gasteiger partial charge is 0.0852 e. The van der Waals surface area contributed by atoms with Crippen LogP contribution in [0.3, 0.4) is 0 Å². The van der Waals surface area contributed by atoms with Crippen molar-refractivity contribution in [2.45, 2.75) is 38.4 Å². The van der Waals surface area contributed by atoms with Crippen LogP contribution in [0.25, 0.3) is 0 Å². The molecule has 1 aromatic carbocycles. The molecule has 1 saturated heterocycles. The largest absolute Gasteiger partial charge is 0.393 e. The van der Waals surface area contributed by atoms with Gasteiger partial charge in [-0.05, 0) is 36.1 Å². The fraction of sp³-hybridized carbons (Fsp3) is 0.538. The molecule has 0 aliphatic carbocycles. The third kappa shape index (κ3) is 2.65. The van der Waals surface area contributed by atoms with Crippen molar-refractivity contribution in [2.24, 2.45) is 0 Å². The van der Waals surface area contributed by atoms with Gasteiger partial charge in [0.2, 0.25) is 0 Å². The molecule has 0 bridgehead atoms. The van der Waals surface area contributed by atoms with E-state index in [1.165, 1.54) is 11.1 Å². The highest BCUT2D eigenvalue weighted by Crippen LogP contribution is 2.31. The Bertz CT molecular complexity index is 365. The summed E-state index contributed by atoms with van der Waals surface area (Å²) < 4.78 is 6.84. The highest BCUT2D eigenvalue weighted by molar-refractivity contribution is 9.10. The minimum atomic E-state index is -0.216. The van der Waals surface area contributed by atoms with E-state index < -0.39 is 0 Å². The molecular formula is C13H17BrO2. The highest BCUT2D eigenvalue weighted by atomic mass is 79.9. The summed E-state index contributed by atoms with van der Waals surface area (Å²) in [6, 6.07) is 6.28. The molecule has 1 aliphatic rings. The molecule has 3 heteroatoms. The van der Waals surface area contributed by atoms with Crippen LogP contribution in [0.2, 0.25) is 0 Å². The minimum Gasteiger partial charge on any atom is -0.393 e. The second-order valence-corrected chi connectivity index (χ2v) is 5.15. The predicted octanol–water partition coefficient (Wildman–Crippen LogP) is 3.22. The van der Waals surface area contributed by atoms with Crippen molar-refractivity contribution in [3.63, 3.8) is 0 Å². The van der Waals surface area contributed by atoms with Gasteiger partial charge in [-0.3, -0.25) is 0 Å². The van der Waals surface area contributed by atoms with Gasteiger partial charge in [0.1, 0.15) is 0 Å². The second kappa shape index (κ2) is 5.30. The van der Waals surface area contributed by atoms with Gasteiger partial charge in [0.15, 0.2) is 0 Å². The summed E-state index contributed by atoms with van der Waals surface area (Å²) in [7, 11) is 0. The summed E-state index contributed by atoms with van der Waals surface area (Å²) in [6.07, 6.45) is 2.31. The van der Waals surface area contributed by atoms with Crippen LogP contribution < -0.4 is 0 Å². The maximum Gasteiger partial charge on any atom is 0.0852 e. The molecule has 1 fully saturated rings. The molecule has 2 unspecified atom stereocenters. The number of aliphatic hydroxyl groups is 1. The van der Waals surface area contributed by atoms with Gasteiger partial charge in [-0.1, -0.05) is 28.9 Å². The molecule has 1 N–H and O–H groups in total. The summed E-state index contributed by atoms with van der Waals surface area (Å²) >= 11 is 3.48. The lowest BCUT2D eigenvalue weighted by molar-refractivity contribution is -0.0451. The summed E-state index contributed by atoms with van der Waals surface area (Å²) in [5.41, 5.74) is 2.53. The Kier molecular flexibility index (Phi) is 4.00. The summed E-state index contributed by atoms with van der Waals surface area (Å²) in [6.45, 7) is 2.80. The molecule has 1 aliphatic heterocycles. The van der Waals surface area contributed by atoms with Gasteiger partial charge in [-0.2, -0.15) is 0 Å². The molecule has 0 spiro atoms. The normalized spacial score (nSPS) is 25.7. The molecule has 0 radical (unpaired) electrons. The molecule has 1 aromatic rings. The lowest BCUT2D eigenvalue weighted by Gasteiger charge is -2.28. The van der Waals surface area contributed by atoms with Gasteiger partial charge in [0.25, 0.3) is 0 Å². The standard InChI is InChI=1S/C13H17BrO2/c1-2-9-7-10(14)3-4-12(9)13-8-11(15)5-6-16-13/h3-4,7,11,13,15H,2,5-6,8H2,1H3. The first-order chi connectivity index (χ1) is 7.70. The van der Waals surface area contributed by atoms with E-state index in [0.717, 1.165) is 17.3 Å². The molecule has 88 valence electrons. The van der Waals surface area contributed by atoms with Crippen LogP contribution in [0.1, 0.15) is 37.0 Å². The molecule has 0 aromatic heterocycles. The van der Waals surface area contributed by atoms with E-state index in [1.54, 1.807) is 0 Å². The molecule has 16 heavy (non-hydrogen) atoms. The molecule has 1 heterocycles. The van der Waals surface area contributed by atoms with Crippen molar-refractivity contribution in [2.75, 3.05) is 6.61 Å². The van der Waals surface area contributed by atoms with Crippen LogP contribution >= 0.6 is 15.9 Å². The summed E-state index contributed by atoms with van der Waals surface area (Å²) in [5.74, 6) is 0. The SMILES string of the molecule is CCc1cc(Br)ccc1C1CC(O)CCO1. The van der Waals surface area contributed by atoms with Crippen LogP contribution in [0, 0.1) is 0 Å². The molecule has 2 atom stereocenters. The Labute approximate surface area is 105 Å². The van der Waals surface area contributed by atoms with Gasteiger partial charge in [0, 0.05) is 17.5 Å². The van der Waals surface area contributed by atoms with Crippen LogP contribution in [0.4, 0.5) is 0 Å². The average molecular weight is 285 g/mol. The number of aliphatic hydroxyl groups excluding tert-OH is 1. The van der Waals surface area contributed by atoms with Gasteiger partial charge in [-0.15, -0.1) is 0 Å². The van der Waals surface area contributed by atoms with Crippen molar-refractivity contribution in [3.05, 3.63) is 33.8 Å². The van der Waals surface area contributed by atoms with Crippen molar-refractivity contribution >= 4 is 15.9 Å². The van der Waals surface area contributed by atoms with Gasteiger partial charge in [-0.25, -0.2) is 0 Å². The number of ether oxygens (including phenoxy) is 1. The molecule has 2 rings (SSSR count). The Morgan fingerprint density at radius 1 is 1.50 bits per heavy atom. The van der Waals surface area contributed by atoms with E-state index in [-0.39, 0.29) is 12.2 Å². The average Bonchev–Trinajstić information content (AvgIpc) is 2.28. The van der Waals surface area contributed by atoms with Crippen molar-refractivity contribution < 1.29 is 9.84 Å². The Hall–Kier alpha value is -0.380. The van der Waals surface area contributed by atoms with Crippen molar-refractivity contribution in [3.8, 4) is 0 Å². The number of halogens is 1. The monoisotopic (exact) mass is 284 g/mol. The topological polar surface area (TPSA) is 29.5 Å². The molecular weight excluding hydrogens is 268 g/mol. The Morgan fingerprint density at radius 2 is 2.31 bits per heavy atom. The summed E-state index contributed by atoms with van der Waals surface area (Å²) in [4.78, 5) is 0. The fourth-order valence-corrected chi connectivity index (χ4v) is 2.60. The maximum atomic E-state index is 9.67. The minimum absolute atomic E-state index is 0.0619. The van der Waals surface area contributed by atoms with E-state index in [0.29, 0.717) is 13.0 Å². The van der Waals surface area contributed by atoms with Crippen molar-refractivity contribution in [1.82, 2.24) is 0 Å². The molecule has 2 nitrogen and oxygen atoms in total. The number of rotatable bonds is 2. The zero-order valence-electron chi connectivity index (χ0n) is 9.45. The number of aryl methyl sites for hydroxylation is 1.